The first-order valence-corrected chi connectivity index (χ1v) is 4.94. The minimum absolute atomic E-state index is 0.0336. The van der Waals surface area contributed by atoms with E-state index in [1.54, 1.807) is 12.1 Å². The van der Waals surface area contributed by atoms with Crippen molar-refractivity contribution < 1.29 is 9.59 Å². The van der Waals surface area contributed by atoms with Gasteiger partial charge >= 0.3 is 0 Å². The van der Waals surface area contributed by atoms with Crippen LogP contribution < -0.4 is 16.4 Å². The molecule has 2 heterocycles. The van der Waals surface area contributed by atoms with Gasteiger partial charge in [0.25, 0.3) is 0 Å². The van der Waals surface area contributed by atoms with Crippen molar-refractivity contribution in [3.63, 3.8) is 0 Å². The number of pyridine rings is 1. The zero-order chi connectivity index (χ0) is 11.5. The molecule has 1 aromatic rings. The van der Waals surface area contributed by atoms with Crippen LogP contribution in [-0.4, -0.2) is 29.4 Å². The number of hydrogen-bond donors (Lipinski definition) is 3. The molecule has 1 saturated heterocycles. The number of nitrogens with two attached hydrogens (primary N) is 1. The van der Waals surface area contributed by atoms with E-state index in [1.807, 2.05) is 0 Å². The molecule has 0 radical (unpaired) electrons. The van der Waals surface area contributed by atoms with E-state index in [-0.39, 0.29) is 11.9 Å². The first-order valence-electron chi connectivity index (χ1n) is 4.94. The van der Waals surface area contributed by atoms with Crippen LogP contribution in [0.5, 0.6) is 0 Å². The Labute approximate surface area is 92.2 Å². The molecule has 6 heteroatoms. The van der Waals surface area contributed by atoms with E-state index < -0.39 is 5.91 Å². The number of anilines is 1. The second-order valence-corrected chi connectivity index (χ2v) is 3.65. The Bertz CT molecular complexity index is 415. The number of hydrogen-bond acceptors (Lipinski definition) is 4. The van der Waals surface area contributed by atoms with Gasteiger partial charge in [-0.1, -0.05) is 0 Å². The van der Waals surface area contributed by atoms with Crippen molar-refractivity contribution in [3.05, 3.63) is 23.9 Å². The van der Waals surface area contributed by atoms with Crippen LogP contribution in [0.4, 0.5) is 5.82 Å². The number of primary amides is 1. The predicted octanol–water partition coefficient (Wildman–Crippen LogP) is -0.519. The van der Waals surface area contributed by atoms with Crippen LogP contribution in [0.2, 0.25) is 0 Å². The summed E-state index contributed by atoms with van der Waals surface area (Å²) in [7, 11) is 0. The molecule has 1 atom stereocenters. The van der Waals surface area contributed by atoms with E-state index in [9.17, 15) is 9.59 Å². The summed E-state index contributed by atoms with van der Waals surface area (Å²) in [5.74, 6) is 0.162. The first kappa shape index (κ1) is 10.4. The van der Waals surface area contributed by atoms with E-state index in [0.29, 0.717) is 24.3 Å². The molecule has 0 spiro atoms. The number of nitrogens with zero attached hydrogens (tertiary/aromatic N) is 1. The summed E-state index contributed by atoms with van der Waals surface area (Å²) in [5.41, 5.74) is 5.46. The van der Waals surface area contributed by atoms with Crippen molar-refractivity contribution in [1.29, 1.82) is 0 Å². The molecule has 84 valence electrons. The molecule has 2 amide bonds. The van der Waals surface area contributed by atoms with Gasteiger partial charge in [-0.05, 0) is 12.1 Å². The first-order chi connectivity index (χ1) is 7.65. The van der Waals surface area contributed by atoms with Gasteiger partial charge in [0.15, 0.2) is 0 Å². The largest absolute Gasteiger partial charge is 0.366 e. The van der Waals surface area contributed by atoms with Gasteiger partial charge in [-0.15, -0.1) is 0 Å². The van der Waals surface area contributed by atoms with E-state index in [0.717, 1.165) is 0 Å². The fourth-order valence-corrected chi connectivity index (χ4v) is 1.54. The third-order valence-electron chi connectivity index (χ3n) is 2.38. The lowest BCUT2D eigenvalue weighted by atomic mass is 10.2. The molecular formula is C10H12N4O2. The second kappa shape index (κ2) is 4.18. The standard InChI is InChI=1S/C10H12N4O2/c11-10(16)6-1-2-8(12-4-6)14-7-3-9(15)13-5-7/h1-2,4,7H,3,5H2,(H2,11,16)(H,12,14)(H,13,15). The van der Waals surface area contributed by atoms with Crippen molar-refractivity contribution in [1.82, 2.24) is 10.3 Å². The molecule has 1 aliphatic rings. The molecule has 0 aliphatic carbocycles. The van der Waals surface area contributed by atoms with Gasteiger partial charge < -0.3 is 16.4 Å². The topological polar surface area (TPSA) is 97.1 Å². The molecule has 6 nitrogen and oxygen atoms in total. The van der Waals surface area contributed by atoms with Crippen LogP contribution in [0.1, 0.15) is 16.8 Å². The molecule has 1 unspecified atom stereocenters. The van der Waals surface area contributed by atoms with Crippen molar-refractivity contribution in [2.24, 2.45) is 5.73 Å². The zero-order valence-electron chi connectivity index (χ0n) is 8.56. The van der Waals surface area contributed by atoms with Crippen LogP contribution in [0, 0.1) is 0 Å². The number of carbonyl (C=O) groups is 2. The SMILES string of the molecule is NC(=O)c1ccc(NC2CNC(=O)C2)nc1. The average molecular weight is 220 g/mol. The van der Waals surface area contributed by atoms with Crippen molar-refractivity contribution in [3.8, 4) is 0 Å². The Morgan fingerprint density at radius 2 is 2.38 bits per heavy atom. The molecule has 1 aromatic heterocycles. The number of amides is 2. The summed E-state index contributed by atoms with van der Waals surface area (Å²) in [5, 5.41) is 5.81. The maximum atomic E-state index is 11.0. The predicted molar refractivity (Wildman–Crippen MR) is 57.8 cm³/mol. The lowest BCUT2D eigenvalue weighted by Gasteiger charge is -2.10. The van der Waals surface area contributed by atoms with Crippen LogP contribution >= 0.6 is 0 Å². The highest BCUT2D eigenvalue weighted by Gasteiger charge is 2.21. The Morgan fingerprint density at radius 1 is 1.56 bits per heavy atom. The molecule has 1 aliphatic heterocycles. The minimum Gasteiger partial charge on any atom is -0.366 e. The molecule has 2 rings (SSSR count). The Morgan fingerprint density at radius 3 is 2.88 bits per heavy atom. The Hall–Kier alpha value is -2.11. The smallest absolute Gasteiger partial charge is 0.250 e. The average Bonchev–Trinajstić information content (AvgIpc) is 2.65. The number of rotatable bonds is 3. The highest BCUT2D eigenvalue weighted by atomic mass is 16.2. The van der Waals surface area contributed by atoms with Gasteiger partial charge in [0.2, 0.25) is 11.8 Å². The van der Waals surface area contributed by atoms with Gasteiger partial charge in [0.1, 0.15) is 5.82 Å². The highest BCUT2D eigenvalue weighted by Crippen LogP contribution is 2.09. The molecule has 1 fully saturated rings. The number of nitrogens with one attached hydrogen (secondary N) is 2. The second-order valence-electron chi connectivity index (χ2n) is 3.65. The van der Waals surface area contributed by atoms with Gasteiger partial charge in [-0.25, -0.2) is 4.98 Å². The Kier molecular flexibility index (Phi) is 2.72. The van der Waals surface area contributed by atoms with Gasteiger partial charge in [0, 0.05) is 19.2 Å². The summed E-state index contributed by atoms with van der Waals surface area (Å²) in [4.78, 5) is 25.8. The summed E-state index contributed by atoms with van der Waals surface area (Å²) in [6.07, 6.45) is 1.86. The number of aromatic nitrogens is 1. The lowest BCUT2D eigenvalue weighted by Crippen LogP contribution is -2.23. The molecule has 4 N–H and O–H groups in total. The van der Waals surface area contributed by atoms with Crippen LogP contribution in [0.3, 0.4) is 0 Å². The van der Waals surface area contributed by atoms with Crippen LogP contribution in [0.25, 0.3) is 0 Å². The quantitative estimate of drug-likeness (QED) is 0.638. The third kappa shape index (κ3) is 2.28. The van der Waals surface area contributed by atoms with E-state index in [1.165, 1.54) is 6.20 Å². The molecule has 0 aromatic carbocycles. The highest BCUT2D eigenvalue weighted by molar-refractivity contribution is 5.92. The van der Waals surface area contributed by atoms with Crippen LogP contribution in [0.15, 0.2) is 18.3 Å². The van der Waals surface area contributed by atoms with Crippen molar-refractivity contribution >= 4 is 17.6 Å². The maximum absolute atomic E-state index is 11.0. The van der Waals surface area contributed by atoms with Gasteiger partial charge in [0.05, 0.1) is 11.6 Å². The maximum Gasteiger partial charge on any atom is 0.250 e. The van der Waals surface area contributed by atoms with Crippen molar-refractivity contribution in [2.45, 2.75) is 12.5 Å². The van der Waals surface area contributed by atoms with Crippen molar-refractivity contribution in [2.75, 3.05) is 11.9 Å². The molecular weight excluding hydrogens is 208 g/mol. The van der Waals surface area contributed by atoms with E-state index >= 15 is 0 Å². The van der Waals surface area contributed by atoms with Gasteiger partial charge in [-0.2, -0.15) is 0 Å². The monoisotopic (exact) mass is 220 g/mol. The molecule has 0 bridgehead atoms. The lowest BCUT2D eigenvalue weighted by molar-refractivity contribution is -0.119. The third-order valence-corrected chi connectivity index (χ3v) is 2.38. The van der Waals surface area contributed by atoms with E-state index in [2.05, 4.69) is 15.6 Å². The van der Waals surface area contributed by atoms with Gasteiger partial charge in [-0.3, -0.25) is 9.59 Å². The number of carbonyl (C=O) groups excluding carboxylic acids is 2. The summed E-state index contributed by atoms with van der Waals surface area (Å²) >= 11 is 0. The Balaban J connectivity index is 2.00. The normalized spacial score (nSPS) is 19.2. The fourth-order valence-electron chi connectivity index (χ4n) is 1.54. The summed E-state index contributed by atoms with van der Waals surface area (Å²) < 4.78 is 0. The molecule has 16 heavy (non-hydrogen) atoms. The summed E-state index contributed by atoms with van der Waals surface area (Å²) in [6.45, 7) is 0.595. The summed E-state index contributed by atoms with van der Waals surface area (Å²) in [6, 6.07) is 3.32. The van der Waals surface area contributed by atoms with Crippen LogP contribution in [-0.2, 0) is 4.79 Å². The minimum atomic E-state index is -0.503. The zero-order valence-corrected chi connectivity index (χ0v) is 8.56. The fraction of sp³-hybridized carbons (Fsp3) is 0.300. The van der Waals surface area contributed by atoms with E-state index in [4.69, 9.17) is 5.73 Å². The molecule has 0 saturated carbocycles.